The summed E-state index contributed by atoms with van der Waals surface area (Å²) in [7, 11) is 0. The Balaban J connectivity index is 1.24. The number of ketones is 1. The summed E-state index contributed by atoms with van der Waals surface area (Å²) in [4.78, 5) is 74.7. The molecule has 0 aromatic carbocycles. The number of carbonyl (C=O) groups is 6. The third-order valence-corrected chi connectivity index (χ3v) is 17.8. The highest BCUT2D eigenvalue weighted by Crippen LogP contribution is 2.30. The van der Waals surface area contributed by atoms with E-state index in [1.165, 1.54) is 0 Å². The lowest BCUT2D eigenvalue weighted by molar-refractivity contribution is -0.282. The van der Waals surface area contributed by atoms with Crippen molar-refractivity contribution < 1.29 is 117 Å². The van der Waals surface area contributed by atoms with E-state index in [2.05, 4.69) is 16.0 Å². The van der Waals surface area contributed by atoms with Crippen LogP contribution >= 0.6 is 0 Å². The summed E-state index contributed by atoms with van der Waals surface area (Å²) >= 11 is 0. The number of hydrogen-bond donors (Lipinski definition) is 12. The summed E-state index contributed by atoms with van der Waals surface area (Å²) in [5.41, 5.74) is 0. The second kappa shape index (κ2) is 51.4. The minimum atomic E-state index is -1.20. The first kappa shape index (κ1) is 84.4. The van der Waals surface area contributed by atoms with Gasteiger partial charge in [-0.25, -0.2) is 4.79 Å². The molecule has 12 N–H and O–H groups in total. The first-order chi connectivity index (χ1) is 45.3. The van der Waals surface area contributed by atoms with Crippen LogP contribution in [-0.4, -0.2) is 234 Å². The van der Waals surface area contributed by atoms with Gasteiger partial charge in [0.1, 0.15) is 42.4 Å². The van der Waals surface area contributed by atoms with Gasteiger partial charge >= 0.3 is 18.0 Å². The first-order valence-electron chi connectivity index (χ1n) is 35.3. The van der Waals surface area contributed by atoms with Crippen molar-refractivity contribution >= 4 is 35.6 Å². The maximum Gasteiger partial charge on any atom is 0.407 e. The van der Waals surface area contributed by atoms with E-state index in [9.17, 15) is 74.7 Å². The number of rotatable bonds is 54. The Kier molecular flexibility index (Phi) is 46.2. The molecular formula is C67H121N3O24. The van der Waals surface area contributed by atoms with E-state index in [0.29, 0.717) is 96.7 Å². The van der Waals surface area contributed by atoms with Crippen molar-refractivity contribution in [2.75, 3.05) is 79.1 Å². The van der Waals surface area contributed by atoms with Crippen molar-refractivity contribution in [3.63, 3.8) is 0 Å². The van der Waals surface area contributed by atoms with Crippen LogP contribution in [0.15, 0.2) is 0 Å². The molecule has 94 heavy (non-hydrogen) atoms. The van der Waals surface area contributed by atoms with Crippen LogP contribution in [-0.2, 0) is 66.6 Å². The molecule has 3 saturated heterocycles. The number of nitrogens with one attached hydrogen (secondary N) is 3. The van der Waals surface area contributed by atoms with Gasteiger partial charge in [-0.15, -0.1) is 0 Å². The predicted octanol–water partition coefficient (Wildman–Crippen LogP) is 4.19. The predicted molar refractivity (Wildman–Crippen MR) is 343 cm³/mol. The van der Waals surface area contributed by atoms with E-state index < -0.39 is 117 Å². The van der Waals surface area contributed by atoms with Gasteiger partial charge in [0.05, 0.1) is 77.8 Å². The molecule has 0 aliphatic carbocycles. The molecule has 0 aromatic rings. The maximum absolute atomic E-state index is 12.6. The largest absolute Gasteiger partial charge is 0.466 e. The third-order valence-electron chi connectivity index (χ3n) is 17.8. The van der Waals surface area contributed by atoms with E-state index in [1.807, 2.05) is 0 Å². The lowest BCUT2D eigenvalue weighted by Gasteiger charge is -2.40. The zero-order valence-electron chi connectivity index (χ0n) is 56.6. The standard InChI is InChI=1S/C67H121N3O24/c1-46-58(79)61(82)51(43-71)92-64(46)88-39-22-29-50(74)28-13-7-4-12-18-36-70-67(85)91-42-21-27-49(25-19-37-86-56(77)32-14-8-5-10-16-34-68-54(75)30-23-40-89-65-47(2)59(80)62(83)52(44-72)93-65)26-20-38-87-57(78)33-15-9-6-11-17-35-69-55(76)31-24-41-90-66-48(3)60(81)63(84)53(45-73)94-66/h46-49,51-53,58-66,71-73,79-84H,4-45H2,1-3H3,(H,68,75)(H,69,76)(H,70,85). The van der Waals surface area contributed by atoms with E-state index in [-0.39, 0.29) is 87.9 Å². The number of carbonyl (C=O) groups excluding carboxylic acids is 6. The van der Waals surface area contributed by atoms with Crippen molar-refractivity contribution in [1.29, 1.82) is 0 Å². The minimum absolute atomic E-state index is 0.0973. The molecule has 0 aromatic heterocycles. The average Bonchev–Trinajstić information content (AvgIpc) is 0.872. The molecule has 3 fully saturated rings. The average molecular weight is 1350 g/mol. The molecule has 3 heterocycles. The highest BCUT2D eigenvalue weighted by atomic mass is 16.7. The van der Waals surface area contributed by atoms with E-state index in [1.54, 1.807) is 20.8 Å². The van der Waals surface area contributed by atoms with Crippen LogP contribution in [0.3, 0.4) is 0 Å². The molecule has 27 nitrogen and oxygen atoms in total. The van der Waals surface area contributed by atoms with E-state index in [4.69, 9.17) is 42.6 Å². The van der Waals surface area contributed by atoms with Crippen LogP contribution in [0.4, 0.5) is 4.79 Å². The number of aliphatic hydroxyl groups excluding tert-OH is 9. The van der Waals surface area contributed by atoms with Crippen molar-refractivity contribution in [3.8, 4) is 0 Å². The highest BCUT2D eigenvalue weighted by molar-refractivity contribution is 5.78. The van der Waals surface area contributed by atoms with Crippen molar-refractivity contribution in [2.45, 2.75) is 287 Å². The number of amides is 3. The summed E-state index contributed by atoms with van der Waals surface area (Å²) in [6.07, 6.45) is 7.76. The summed E-state index contributed by atoms with van der Waals surface area (Å²) in [5, 5.41) is 97.5. The SMILES string of the molecule is CC1C(OCCCC(=O)CCCCCCCNC(=O)OCCCC(CCCOC(=O)CCCCCCCNC(=O)CCCOC2OC(CO)C(O)C(O)C2C)CCCOC(=O)CCCCCCCNC(=O)CCCOC2OC(CO)C(O)C(O)C2C)OC(CO)C(O)C1O. The van der Waals surface area contributed by atoms with Gasteiger partial charge in [-0.05, 0) is 102 Å². The number of ether oxygens (including phenoxy) is 9. The number of hydrogen-bond acceptors (Lipinski definition) is 24. The Morgan fingerprint density at radius 1 is 0.351 bits per heavy atom. The van der Waals surface area contributed by atoms with Crippen molar-refractivity contribution in [1.82, 2.24) is 16.0 Å². The summed E-state index contributed by atoms with van der Waals surface area (Å²) in [6.45, 7) is 6.80. The smallest absolute Gasteiger partial charge is 0.407 e. The summed E-state index contributed by atoms with van der Waals surface area (Å²) < 4.78 is 50.4. The van der Waals surface area contributed by atoms with E-state index >= 15 is 0 Å². The van der Waals surface area contributed by atoms with Crippen LogP contribution in [0.5, 0.6) is 0 Å². The molecule has 0 saturated carbocycles. The number of esters is 2. The normalized spacial score (nSPS) is 26.5. The lowest BCUT2D eigenvalue weighted by atomic mass is 9.92. The van der Waals surface area contributed by atoms with Gasteiger partial charge in [-0.1, -0.05) is 78.6 Å². The molecule has 27 heteroatoms. The Morgan fingerprint density at radius 3 is 1.03 bits per heavy atom. The molecule has 3 amide bonds. The highest BCUT2D eigenvalue weighted by Gasteiger charge is 2.44. The molecule has 0 spiro atoms. The molecule has 548 valence electrons. The summed E-state index contributed by atoms with van der Waals surface area (Å²) in [6, 6.07) is 0. The fourth-order valence-electron chi connectivity index (χ4n) is 11.6. The zero-order valence-corrected chi connectivity index (χ0v) is 56.6. The number of alkyl carbamates (subject to hydrolysis) is 1. The molecule has 3 rings (SSSR count). The van der Waals surface area contributed by atoms with E-state index in [0.717, 1.165) is 103 Å². The molecule has 3 aliphatic heterocycles. The fourth-order valence-corrected chi connectivity index (χ4v) is 11.6. The van der Waals surface area contributed by atoms with Crippen LogP contribution < -0.4 is 16.0 Å². The monoisotopic (exact) mass is 1350 g/mol. The molecule has 0 bridgehead atoms. The van der Waals surface area contributed by atoms with Crippen LogP contribution in [0, 0.1) is 23.7 Å². The van der Waals surface area contributed by atoms with Gasteiger partial charge in [0, 0.05) is 75.9 Å². The molecule has 15 unspecified atom stereocenters. The summed E-state index contributed by atoms with van der Waals surface area (Å²) in [5.74, 6) is -1.80. The first-order valence-corrected chi connectivity index (χ1v) is 35.3. The van der Waals surface area contributed by atoms with Crippen molar-refractivity contribution in [3.05, 3.63) is 0 Å². The second-order valence-corrected chi connectivity index (χ2v) is 25.7. The van der Waals surface area contributed by atoms with Gasteiger partial charge in [0.15, 0.2) is 18.9 Å². The second-order valence-electron chi connectivity index (χ2n) is 25.7. The number of aliphatic hydroxyl groups is 9. The van der Waals surface area contributed by atoms with Crippen LogP contribution in [0.25, 0.3) is 0 Å². The Bertz CT molecular complexity index is 1810. The van der Waals surface area contributed by atoms with Gasteiger partial charge in [-0.3, -0.25) is 24.0 Å². The number of Topliss-reactive ketones (excluding diaryl/α,β-unsaturated/α-hetero) is 1. The van der Waals surface area contributed by atoms with Gasteiger partial charge < -0.3 is 105 Å². The lowest BCUT2D eigenvalue weighted by Crippen LogP contribution is -2.55. The minimum Gasteiger partial charge on any atom is -0.466 e. The van der Waals surface area contributed by atoms with Gasteiger partial charge in [-0.2, -0.15) is 0 Å². The van der Waals surface area contributed by atoms with Crippen LogP contribution in [0.1, 0.15) is 213 Å². The molecule has 15 atom stereocenters. The maximum atomic E-state index is 12.6. The Hall–Kier alpha value is -3.78. The van der Waals surface area contributed by atoms with Gasteiger partial charge in [0.2, 0.25) is 11.8 Å². The Labute approximate surface area is 557 Å². The molecule has 0 radical (unpaired) electrons. The quantitative estimate of drug-likeness (QED) is 0.0231. The molecular weight excluding hydrogens is 1230 g/mol. The van der Waals surface area contributed by atoms with Gasteiger partial charge in [0.25, 0.3) is 0 Å². The topological polar surface area (TPSA) is 404 Å². The fraction of sp³-hybridized carbons (Fsp3) is 0.910. The van der Waals surface area contributed by atoms with Crippen molar-refractivity contribution in [2.24, 2.45) is 23.7 Å². The third kappa shape index (κ3) is 35.6. The van der Waals surface area contributed by atoms with Crippen LogP contribution in [0.2, 0.25) is 0 Å². The number of unbranched alkanes of at least 4 members (excludes halogenated alkanes) is 12. The Morgan fingerprint density at radius 2 is 0.660 bits per heavy atom. The molecule has 3 aliphatic rings. The zero-order chi connectivity index (χ0) is 68.9.